The van der Waals surface area contributed by atoms with Gasteiger partial charge in [0.05, 0.1) is 17.9 Å². The van der Waals surface area contributed by atoms with Crippen molar-refractivity contribution in [3.63, 3.8) is 0 Å². The smallest absolute Gasteiger partial charge is 0.314 e. The van der Waals surface area contributed by atoms with Crippen LogP contribution in [0.5, 0.6) is 0 Å². The number of pyridine rings is 1. The molecule has 0 radical (unpaired) electrons. The van der Waals surface area contributed by atoms with Crippen LogP contribution in [0.4, 0.5) is 14.5 Å². The number of nitrogens with zero attached hydrogens (tertiary/aromatic N) is 7. The second-order valence-corrected chi connectivity index (χ2v) is 12.1. The van der Waals surface area contributed by atoms with E-state index in [4.69, 9.17) is 4.42 Å². The monoisotopic (exact) mass is 571 g/mol. The molecule has 0 unspecified atom stereocenters. The largest absolute Gasteiger partial charge is 0.415 e. The highest BCUT2D eigenvalue weighted by molar-refractivity contribution is 7.90. The molecule has 40 heavy (non-hydrogen) atoms. The fraction of sp³-hybridized carbons (Fsp3) is 0.444. The number of hydrogen-bond acceptors (Lipinski definition) is 7. The molecule has 0 N–H and O–H groups in total. The molecular weight excluding hydrogens is 540 g/mol. The first-order chi connectivity index (χ1) is 19.4. The SMILES string of the molecule is O=S(=O)(N1CCN(C2CCCCC2)CC1)N(Cc1cn2ccc(-c3nnc(C(F)F)o3)cc2n1)c1ccccc1. The molecule has 0 spiro atoms. The zero-order valence-electron chi connectivity index (χ0n) is 21.9. The maximum Gasteiger partial charge on any atom is 0.314 e. The molecule has 2 fully saturated rings. The number of anilines is 1. The summed E-state index contributed by atoms with van der Waals surface area (Å²) in [5.41, 5.74) is 2.02. The maximum atomic E-state index is 14.0. The van der Waals surface area contributed by atoms with Crippen LogP contribution in [0.25, 0.3) is 17.1 Å². The Hall–Kier alpha value is -3.42. The van der Waals surface area contributed by atoms with Crippen molar-refractivity contribution in [3.8, 4) is 11.5 Å². The molecule has 0 amide bonds. The van der Waals surface area contributed by atoms with Crippen molar-refractivity contribution in [2.75, 3.05) is 30.5 Å². The molecule has 6 rings (SSSR count). The van der Waals surface area contributed by atoms with E-state index in [1.165, 1.54) is 36.4 Å². The summed E-state index contributed by atoms with van der Waals surface area (Å²) in [5.74, 6) is -0.787. The van der Waals surface area contributed by atoms with Gasteiger partial charge in [-0.3, -0.25) is 9.21 Å². The molecule has 1 saturated carbocycles. The van der Waals surface area contributed by atoms with Gasteiger partial charge in [0.1, 0.15) is 5.65 Å². The van der Waals surface area contributed by atoms with E-state index in [9.17, 15) is 17.2 Å². The molecule has 1 aromatic carbocycles. The highest BCUT2D eigenvalue weighted by atomic mass is 32.2. The summed E-state index contributed by atoms with van der Waals surface area (Å²) in [4.78, 5) is 7.08. The highest BCUT2D eigenvalue weighted by Gasteiger charge is 2.35. The topological polar surface area (TPSA) is 100 Å². The number of alkyl halides is 2. The van der Waals surface area contributed by atoms with Gasteiger partial charge in [0, 0.05) is 50.2 Å². The van der Waals surface area contributed by atoms with E-state index in [1.54, 1.807) is 45.4 Å². The molecule has 212 valence electrons. The minimum absolute atomic E-state index is 0.0300. The van der Waals surface area contributed by atoms with Gasteiger partial charge in [-0.2, -0.15) is 21.5 Å². The summed E-state index contributed by atoms with van der Waals surface area (Å²) in [6.07, 6.45) is 6.76. The number of hydrogen-bond donors (Lipinski definition) is 0. The Kier molecular flexibility index (Phi) is 7.51. The number of aromatic nitrogens is 4. The van der Waals surface area contributed by atoms with Crippen LogP contribution >= 0.6 is 0 Å². The summed E-state index contributed by atoms with van der Waals surface area (Å²) in [5, 5.41) is 7.08. The van der Waals surface area contributed by atoms with Gasteiger partial charge in [-0.1, -0.05) is 37.5 Å². The first kappa shape index (κ1) is 26.8. The van der Waals surface area contributed by atoms with Crippen LogP contribution in [0.1, 0.15) is 50.1 Å². The molecule has 0 atom stereocenters. The van der Waals surface area contributed by atoms with Crippen molar-refractivity contribution < 1.29 is 21.6 Å². The van der Waals surface area contributed by atoms with Gasteiger partial charge < -0.3 is 8.82 Å². The molecule has 4 aromatic rings. The molecule has 2 aliphatic rings. The molecule has 1 aliphatic heterocycles. The zero-order chi connectivity index (χ0) is 27.7. The Bertz CT molecular complexity index is 1550. The summed E-state index contributed by atoms with van der Waals surface area (Å²) in [7, 11) is -3.84. The number of para-hydroxylation sites is 1. The predicted octanol–water partition coefficient (Wildman–Crippen LogP) is 4.52. The third-order valence-corrected chi connectivity index (χ3v) is 9.62. The summed E-state index contributed by atoms with van der Waals surface area (Å²) < 4.78 is 63.5. The average Bonchev–Trinajstić information content (AvgIpc) is 3.64. The molecular formula is C27H31F2N7O3S. The third kappa shape index (κ3) is 5.45. The van der Waals surface area contributed by atoms with Crippen molar-refractivity contribution in [2.24, 2.45) is 0 Å². The second kappa shape index (κ2) is 11.2. The normalized spacial score (nSPS) is 18.1. The van der Waals surface area contributed by atoms with Gasteiger partial charge in [0.25, 0.3) is 5.89 Å². The lowest BCUT2D eigenvalue weighted by Crippen LogP contribution is -2.55. The summed E-state index contributed by atoms with van der Waals surface area (Å²) in [6.45, 7) is 2.38. The first-order valence-corrected chi connectivity index (χ1v) is 14.9. The van der Waals surface area contributed by atoms with E-state index in [1.807, 2.05) is 18.2 Å². The van der Waals surface area contributed by atoms with Crippen LogP contribution in [0.3, 0.4) is 0 Å². The standard InChI is InChI=1S/C27H31F2N7O3S/c28-25(29)27-32-31-26(39-27)20-11-12-34-18-21(30-24(34)17-20)19-36(23-9-5-2-6-10-23)40(37,38)35-15-13-33(14-16-35)22-7-3-1-4-8-22/h2,5-6,9-12,17-18,22,25H,1,3-4,7-8,13-16,19H2. The third-order valence-electron chi connectivity index (χ3n) is 7.70. The van der Waals surface area contributed by atoms with Crippen LogP contribution < -0.4 is 4.31 Å². The minimum Gasteiger partial charge on any atom is -0.415 e. The molecule has 1 saturated heterocycles. The summed E-state index contributed by atoms with van der Waals surface area (Å²) >= 11 is 0. The summed E-state index contributed by atoms with van der Waals surface area (Å²) in [6, 6.07) is 12.9. The Labute approximate surface area is 231 Å². The van der Waals surface area contributed by atoms with Gasteiger partial charge in [0.2, 0.25) is 5.89 Å². The van der Waals surface area contributed by atoms with Gasteiger partial charge >= 0.3 is 16.6 Å². The minimum atomic E-state index is -3.84. The molecule has 0 bridgehead atoms. The van der Waals surface area contributed by atoms with E-state index in [-0.39, 0.29) is 12.4 Å². The highest BCUT2D eigenvalue weighted by Crippen LogP contribution is 2.28. The molecule has 10 nitrogen and oxygen atoms in total. The number of benzene rings is 1. The quantitative estimate of drug-likeness (QED) is 0.307. The van der Waals surface area contributed by atoms with E-state index in [0.29, 0.717) is 41.7 Å². The van der Waals surface area contributed by atoms with Crippen LogP contribution in [0, 0.1) is 0 Å². The van der Waals surface area contributed by atoms with Gasteiger partial charge in [-0.25, -0.2) is 4.98 Å². The Balaban J connectivity index is 1.23. The van der Waals surface area contributed by atoms with Gasteiger partial charge in [-0.15, -0.1) is 10.2 Å². The number of fused-ring (bicyclic) bond motifs is 1. The van der Waals surface area contributed by atoms with E-state index >= 15 is 0 Å². The van der Waals surface area contributed by atoms with Crippen LogP contribution in [0.2, 0.25) is 0 Å². The Morgan fingerprint density at radius 1 is 1.00 bits per heavy atom. The zero-order valence-corrected chi connectivity index (χ0v) is 22.8. The van der Waals surface area contributed by atoms with Crippen molar-refractivity contribution >= 4 is 21.5 Å². The maximum absolute atomic E-state index is 14.0. The molecule has 3 aromatic heterocycles. The fourth-order valence-electron chi connectivity index (χ4n) is 5.62. The lowest BCUT2D eigenvalue weighted by Gasteiger charge is -2.41. The average molecular weight is 572 g/mol. The van der Waals surface area contributed by atoms with Crippen molar-refractivity contribution in [1.29, 1.82) is 0 Å². The van der Waals surface area contributed by atoms with E-state index < -0.39 is 22.5 Å². The molecule has 1 aliphatic carbocycles. The van der Waals surface area contributed by atoms with Crippen LogP contribution in [0.15, 0.2) is 59.3 Å². The lowest BCUT2D eigenvalue weighted by molar-refractivity contribution is 0.111. The van der Waals surface area contributed by atoms with Gasteiger partial charge in [-0.05, 0) is 37.1 Å². The molecule has 4 heterocycles. The predicted molar refractivity (Wildman–Crippen MR) is 145 cm³/mol. The number of rotatable bonds is 8. The Morgan fingerprint density at radius 3 is 2.45 bits per heavy atom. The number of imidazole rings is 1. The number of piperazine rings is 1. The van der Waals surface area contributed by atoms with Crippen LogP contribution in [-0.4, -0.2) is 69.4 Å². The fourth-order valence-corrected chi connectivity index (χ4v) is 7.20. The number of halogens is 2. The molecule has 13 heteroatoms. The van der Waals surface area contributed by atoms with Crippen molar-refractivity contribution in [1.82, 2.24) is 28.8 Å². The van der Waals surface area contributed by atoms with E-state index in [2.05, 4.69) is 20.1 Å². The van der Waals surface area contributed by atoms with Crippen molar-refractivity contribution in [2.45, 2.75) is 51.1 Å². The van der Waals surface area contributed by atoms with E-state index in [0.717, 1.165) is 13.1 Å². The first-order valence-electron chi connectivity index (χ1n) is 13.5. The van der Waals surface area contributed by atoms with Gasteiger partial charge in [0.15, 0.2) is 0 Å². The Morgan fingerprint density at radius 2 is 1.75 bits per heavy atom. The lowest BCUT2D eigenvalue weighted by atomic mass is 9.94. The van der Waals surface area contributed by atoms with Crippen LogP contribution in [-0.2, 0) is 16.8 Å². The van der Waals surface area contributed by atoms with Crippen molar-refractivity contribution in [3.05, 3.63) is 66.4 Å². The second-order valence-electron chi connectivity index (χ2n) is 10.2.